The Hall–Kier alpha value is -4.23. The van der Waals surface area contributed by atoms with Crippen molar-refractivity contribution in [2.75, 3.05) is 11.1 Å². The fourth-order valence-electron chi connectivity index (χ4n) is 3.93. The van der Waals surface area contributed by atoms with Crippen LogP contribution in [0.15, 0.2) is 89.9 Å². The van der Waals surface area contributed by atoms with E-state index in [1.54, 1.807) is 29.0 Å². The Bertz CT molecular complexity index is 1540. The van der Waals surface area contributed by atoms with Crippen molar-refractivity contribution in [2.45, 2.75) is 13.0 Å². The molecule has 3 aromatic carbocycles. The van der Waals surface area contributed by atoms with Crippen molar-refractivity contribution in [3.05, 3.63) is 106 Å². The van der Waals surface area contributed by atoms with Gasteiger partial charge in [0.2, 0.25) is 5.95 Å². The number of nitrogens with one attached hydrogen (secondary N) is 1. The van der Waals surface area contributed by atoms with Gasteiger partial charge in [0.1, 0.15) is 11.6 Å². The van der Waals surface area contributed by atoms with Crippen molar-refractivity contribution in [3.63, 3.8) is 0 Å². The molecule has 1 atom stereocenters. The Kier molecular flexibility index (Phi) is 5.69. The van der Waals surface area contributed by atoms with Crippen molar-refractivity contribution in [3.8, 4) is 16.8 Å². The SMILES string of the molecule is CC(Nc1nc(N)ncc1-c1ccccc1)c1nc2cccc(Cl)c2c(=O)n1-c1ccccc1. The van der Waals surface area contributed by atoms with Crippen LogP contribution in [-0.4, -0.2) is 19.5 Å². The number of aromatic nitrogens is 4. The molecule has 0 aliphatic heterocycles. The molecule has 0 spiro atoms. The van der Waals surface area contributed by atoms with Crippen LogP contribution in [0.5, 0.6) is 0 Å². The number of anilines is 2. The molecule has 0 fully saturated rings. The summed E-state index contributed by atoms with van der Waals surface area (Å²) in [6, 6.07) is 24.0. The number of hydrogen-bond acceptors (Lipinski definition) is 6. The van der Waals surface area contributed by atoms with Crippen LogP contribution in [0.4, 0.5) is 11.8 Å². The monoisotopic (exact) mass is 468 g/mol. The van der Waals surface area contributed by atoms with E-state index >= 15 is 0 Å². The van der Waals surface area contributed by atoms with Gasteiger partial charge >= 0.3 is 0 Å². The molecule has 0 radical (unpaired) electrons. The van der Waals surface area contributed by atoms with E-state index in [2.05, 4.69) is 15.3 Å². The van der Waals surface area contributed by atoms with E-state index in [-0.39, 0.29) is 11.5 Å². The van der Waals surface area contributed by atoms with Crippen LogP contribution in [0.2, 0.25) is 5.02 Å². The first kappa shape index (κ1) is 21.6. The summed E-state index contributed by atoms with van der Waals surface area (Å²) in [4.78, 5) is 27.1. The number of halogens is 1. The van der Waals surface area contributed by atoms with Gasteiger partial charge in [-0.15, -0.1) is 0 Å². The Morgan fingerprint density at radius 3 is 2.38 bits per heavy atom. The molecule has 5 rings (SSSR count). The minimum Gasteiger partial charge on any atom is -0.368 e. The van der Waals surface area contributed by atoms with Crippen molar-refractivity contribution < 1.29 is 0 Å². The average molecular weight is 469 g/mol. The van der Waals surface area contributed by atoms with E-state index in [1.807, 2.05) is 67.6 Å². The summed E-state index contributed by atoms with van der Waals surface area (Å²) in [5.74, 6) is 1.21. The predicted octanol–water partition coefficient (Wildman–Crippen LogP) is 5.25. The van der Waals surface area contributed by atoms with E-state index in [1.165, 1.54) is 0 Å². The summed E-state index contributed by atoms with van der Waals surface area (Å²) in [7, 11) is 0. The molecule has 8 heteroatoms. The Morgan fingerprint density at radius 1 is 0.941 bits per heavy atom. The van der Waals surface area contributed by atoms with Crippen molar-refractivity contribution in [2.24, 2.45) is 0 Å². The van der Waals surface area contributed by atoms with Gasteiger partial charge in [-0.25, -0.2) is 9.97 Å². The fraction of sp³-hybridized carbons (Fsp3) is 0.0769. The van der Waals surface area contributed by atoms with E-state index < -0.39 is 6.04 Å². The molecule has 168 valence electrons. The van der Waals surface area contributed by atoms with Gasteiger partial charge in [0.15, 0.2) is 0 Å². The van der Waals surface area contributed by atoms with Gasteiger partial charge in [0.25, 0.3) is 5.56 Å². The summed E-state index contributed by atoms with van der Waals surface area (Å²) in [6.45, 7) is 1.92. The number of benzene rings is 3. The Balaban J connectivity index is 1.68. The molecule has 0 saturated heterocycles. The van der Waals surface area contributed by atoms with E-state index in [4.69, 9.17) is 22.3 Å². The highest BCUT2D eigenvalue weighted by atomic mass is 35.5. The summed E-state index contributed by atoms with van der Waals surface area (Å²) in [5.41, 5.74) is 8.62. The quantitative estimate of drug-likeness (QED) is 0.365. The molecule has 2 aromatic heterocycles. The molecule has 0 bridgehead atoms. The molecule has 0 amide bonds. The molecule has 0 saturated carbocycles. The lowest BCUT2D eigenvalue weighted by atomic mass is 10.1. The van der Waals surface area contributed by atoms with Gasteiger partial charge in [-0.2, -0.15) is 4.98 Å². The topological polar surface area (TPSA) is 98.7 Å². The number of nitrogens with zero attached hydrogens (tertiary/aromatic N) is 4. The van der Waals surface area contributed by atoms with Gasteiger partial charge in [0.05, 0.1) is 27.7 Å². The maximum atomic E-state index is 13.6. The van der Waals surface area contributed by atoms with Gasteiger partial charge in [-0.3, -0.25) is 9.36 Å². The maximum absolute atomic E-state index is 13.6. The van der Waals surface area contributed by atoms with Gasteiger partial charge in [-0.05, 0) is 36.8 Å². The summed E-state index contributed by atoms with van der Waals surface area (Å²) in [5, 5.41) is 4.13. The van der Waals surface area contributed by atoms with Crippen LogP contribution in [0.3, 0.4) is 0 Å². The number of nitrogen functional groups attached to an aromatic ring is 1. The lowest BCUT2D eigenvalue weighted by molar-refractivity contribution is 0.731. The second-order valence-electron chi connectivity index (χ2n) is 7.80. The first-order valence-electron chi connectivity index (χ1n) is 10.7. The molecule has 0 aliphatic carbocycles. The predicted molar refractivity (Wildman–Crippen MR) is 136 cm³/mol. The summed E-state index contributed by atoms with van der Waals surface area (Å²) < 4.78 is 1.58. The van der Waals surface area contributed by atoms with Crippen LogP contribution in [-0.2, 0) is 0 Å². The first-order chi connectivity index (χ1) is 16.5. The molecule has 7 nitrogen and oxygen atoms in total. The average Bonchev–Trinajstić information content (AvgIpc) is 2.85. The van der Waals surface area contributed by atoms with E-state index in [0.29, 0.717) is 33.3 Å². The van der Waals surface area contributed by atoms with Crippen molar-refractivity contribution >= 4 is 34.3 Å². The number of nitrogens with two attached hydrogens (primary N) is 1. The van der Waals surface area contributed by atoms with Crippen molar-refractivity contribution in [1.82, 2.24) is 19.5 Å². The first-order valence-corrected chi connectivity index (χ1v) is 11.1. The molecular formula is C26H21ClN6O. The second kappa shape index (κ2) is 8.96. The summed E-state index contributed by atoms with van der Waals surface area (Å²) >= 11 is 6.39. The van der Waals surface area contributed by atoms with Crippen LogP contribution < -0.4 is 16.6 Å². The lowest BCUT2D eigenvalue weighted by Gasteiger charge is -2.21. The highest BCUT2D eigenvalue weighted by molar-refractivity contribution is 6.35. The van der Waals surface area contributed by atoms with Gasteiger partial charge in [-0.1, -0.05) is 66.2 Å². The zero-order valence-corrected chi connectivity index (χ0v) is 19.1. The normalized spacial score (nSPS) is 11.9. The summed E-state index contributed by atoms with van der Waals surface area (Å²) in [6.07, 6.45) is 1.69. The molecule has 2 heterocycles. The Labute approximate surface area is 200 Å². The molecule has 5 aromatic rings. The number of rotatable bonds is 5. The minimum absolute atomic E-state index is 0.146. The van der Waals surface area contributed by atoms with E-state index in [0.717, 1.165) is 11.1 Å². The highest BCUT2D eigenvalue weighted by Crippen LogP contribution is 2.30. The molecule has 1 unspecified atom stereocenters. The zero-order valence-electron chi connectivity index (χ0n) is 18.3. The standard InChI is InChI=1S/C26H21ClN6O/c1-16(30-23-19(15-29-26(28)32-23)17-9-4-2-5-10-17)24-31-21-14-8-13-20(27)22(21)25(34)33(24)18-11-6-3-7-12-18/h2-16H,1H3,(H3,28,29,30,32). The van der Waals surface area contributed by atoms with Crippen LogP contribution in [0.1, 0.15) is 18.8 Å². The third kappa shape index (κ3) is 3.97. The smallest absolute Gasteiger partial charge is 0.267 e. The molecule has 3 N–H and O–H groups in total. The van der Waals surface area contributed by atoms with Crippen LogP contribution >= 0.6 is 11.6 Å². The van der Waals surface area contributed by atoms with Gasteiger partial charge in [0, 0.05) is 11.8 Å². The number of para-hydroxylation sites is 1. The second-order valence-corrected chi connectivity index (χ2v) is 8.21. The van der Waals surface area contributed by atoms with Crippen LogP contribution in [0, 0.1) is 0 Å². The Morgan fingerprint density at radius 2 is 1.65 bits per heavy atom. The fourth-order valence-corrected chi connectivity index (χ4v) is 4.18. The minimum atomic E-state index is -0.409. The molecule has 0 aliphatic rings. The largest absolute Gasteiger partial charge is 0.368 e. The third-order valence-electron chi connectivity index (χ3n) is 5.52. The maximum Gasteiger partial charge on any atom is 0.267 e. The third-order valence-corrected chi connectivity index (χ3v) is 5.83. The highest BCUT2D eigenvalue weighted by Gasteiger charge is 2.21. The number of hydrogen-bond donors (Lipinski definition) is 2. The van der Waals surface area contributed by atoms with E-state index in [9.17, 15) is 4.79 Å². The number of fused-ring (bicyclic) bond motifs is 1. The molecule has 34 heavy (non-hydrogen) atoms. The van der Waals surface area contributed by atoms with Crippen molar-refractivity contribution in [1.29, 1.82) is 0 Å². The van der Waals surface area contributed by atoms with Crippen LogP contribution in [0.25, 0.3) is 27.7 Å². The lowest BCUT2D eigenvalue weighted by Crippen LogP contribution is -2.27. The zero-order chi connectivity index (χ0) is 23.7. The molecular weight excluding hydrogens is 448 g/mol. The van der Waals surface area contributed by atoms with Gasteiger partial charge < -0.3 is 11.1 Å².